The molecule has 0 heterocycles. The molecule has 0 amide bonds. The minimum atomic E-state index is -0.0913. The van der Waals surface area contributed by atoms with E-state index in [2.05, 4.69) is 47.6 Å². The fourth-order valence-electron chi connectivity index (χ4n) is 8.99. The van der Waals surface area contributed by atoms with Crippen LogP contribution >= 0.6 is 0 Å². The van der Waals surface area contributed by atoms with Gasteiger partial charge in [-0.15, -0.1) is 0 Å². The number of allylic oxidation sites excluding steroid dienone is 2. The van der Waals surface area contributed by atoms with Gasteiger partial charge in [0.25, 0.3) is 0 Å². The van der Waals surface area contributed by atoms with E-state index in [9.17, 15) is 5.11 Å². The van der Waals surface area contributed by atoms with Gasteiger partial charge in [0.05, 0.1) is 6.10 Å². The average Bonchev–Trinajstić information content (AvgIpc) is 2.90. The minimum Gasteiger partial charge on any atom is -0.393 e. The van der Waals surface area contributed by atoms with Crippen LogP contribution in [-0.4, -0.2) is 11.2 Å². The van der Waals surface area contributed by atoms with Crippen LogP contribution in [0.2, 0.25) is 0 Å². The second kappa shape index (κ2) is 16.1. The van der Waals surface area contributed by atoms with Crippen LogP contribution in [0.3, 0.4) is 0 Å². The summed E-state index contributed by atoms with van der Waals surface area (Å²) in [6, 6.07) is 0. The molecule has 0 aliphatic heterocycles. The second-order valence-electron chi connectivity index (χ2n) is 14.5. The van der Waals surface area contributed by atoms with Crippen LogP contribution in [-0.2, 0) is 0 Å². The standard InChI is InChI=1S/C36H66O/c1-7-14-26(3)15-12-16-27(4)31-22-21-28(5)35(25-31)34(8-2)33-20-13-19-32(24-33)29(6)36(37)23-30-17-10-9-11-18-30/h20,26-32,34-37H,7-19,21-25H2,1-6H3/t26-,27?,28?,29?,31?,32?,34-,35-,36?/m0/s1. The van der Waals surface area contributed by atoms with Crippen molar-refractivity contribution in [1.29, 1.82) is 0 Å². The van der Waals surface area contributed by atoms with E-state index in [1.54, 1.807) is 5.57 Å². The largest absolute Gasteiger partial charge is 0.393 e. The van der Waals surface area contributed by atoms with Gasteiger partial charge in [0, 0.05) is 0 Å². The molecule has 0 spiro atoms. The summed E-state index contributed by atoms with van der Waals surface area (Å²) in [6.45, 7) is 14.8. The number of hydrogen-bond acceptors (Lipinski definition) is 1. The molecule has 3 aliphatic carbocycles. The van der Waals surface area contributed by atoms with E-state index in [-0.39, 0.29) is 6.10 Å². The van der Waals surface area contributed by atoms with E-state index < -0.39 is 0 Å². The van der Waals surface area contributed by atoms with E-state index in [1.165, 1.54) is 109 Å². The van der Waals surface area contributed by atoms with E-state index >= 15 is 0 Å². The first-order valence-electron chi connectivity index (χ1n) is 17.2. The molecule has 0 aromatic carbocycles. The SMILES string of the molecule is CCC[C@H](C)CCCC(C)C1CCC(C)[C@@H]([C@@H](CC)C2=CCCC(C(C)C(O)CC3CCCCC3)C2)C1. The first kappa shape index (κ1) is 31.2. The molecule has 2 saturated carbocycles. The van der Waals surface area contributed by atoms with Gasteiger partial charge in [-0.2, -0.15) is 0 Å². The smallest absolute Gasteiger partial charge is 0.0571 e. The van der Waals surface area contributed by atoms with Crippen LogP contribution in [0, 0.1) is 53.3 Å². The van der Waals surface area contributed by atoms with Crippen LogP contribution in [0.1, 0.15) is 157 Å². The molecule has 0 aromatic rings. The van der Waals surface area contributed by atoms with E-state index in [4.69, 9.17) is 0 Å². The summed E-state index contributed by atoms with van der Waals surface area (Å²) < 4.78 is 0. The Labute approximate surface area is 233 Å². The zero-order valence-electron chi connectivity index (χ0n) is 26.0. The Morgan fingerprint density at radius 2 is 1.65 bits per heavy atom. The van der Waals surface area contributed by atoms with Crippen molar-refractivity contribution in [2.75, 3.05) is 0 Å². The molecule has 6 unspecified atom stereocenters. The highest BCUT2D eigenvalue weighted by Crippen LogP contribution is 2.48. The maximum absolute atomic E-state index is 11.2. The van der Waals surface area contributed by atoms with Crippen LogP contribution < -0.4 is 0 Å². The maximum atomic E-state index is 11.2. The molecule has 3 aliphatic rings. The number of hydrogen-bond donors (Lipinski definition) is 1. The Hall–Kier alpha value is -0.300. The van der Waals surface area contributed by atoms with Gasteiger partial charge in [-0.3, -0.25) is 0 Å². The fourth-order valence-corrected chi connectivity index (χ4v) is 8.99. The maximum Gasteiger partial charge on any atom is 0.0571 e. The monoisotopic (exact) mass is 515 g/mol. The summed E-state index contributed by atoms with van der Waals surface area (Å²) in [5.41, 5.74) is 1.79. The molecule has 0 radical (unpaired) electrons. The molecular formula is C36H66O. The molecule has 1 N–H and O–H groups in total. The van der Waals surface area contributed by atoms with Crippen molar-refractivity contribution in [2.24, 2.45) is 53.3 Å². The first-order valence-corrected chi connectivity index (χ1v) is 17.2. The molecule has 0 saturated heterocycles. The Bertz CT molecular complexity index is 645. The number of aliphatic hydroxyl groups is 1. The van der Waals surface area contributed by atoms with E-state index in [1.807, 2.05) is 0 Å². The molecule has 9 atom stereocenters. The molecule has 2 fully saturated rings. The molecule has 0 aromatic heterocycles. The Balaban J connectivity index is 1.55. The molecule has 0 bridgehead atoms. The van der Waals surface area contributed by atoms with Crippen LogP contribution in [0.5, 0.6) is 0 Å². The normalized spacial score (nSPS) is 31.8. The van der Waals surface area contributed by atoms with Crippen molar-refractivity contribution >= 4 is 0 Å². The lowest BCUT2D eigenvalue weighted by Gasteiger charge is -2.43. The van der Waals surface area contributed by atoms with Gasteiger partial charge in [0.15, 0.2) is 0 Å². The summed E-state index contributed by atoms with van der Waals surface area (Å²) in [5, 5.41) is 11.2. The van der Waals surface area contributed by atoms with Crippen molar-refractivity contribution in [3.8, 4) is 0 Å². The Morgan fingerprint density at radius 1 is 0.892 bits per heavy atom. The first-order chi connectivity index (χ1) is 17.8. The van der Waals surface area contributed by atoms with E-state index in [0.29, 0.717) is 11.8 Å². The third-order valence-corrected chi connectivity index (χ3v) is 11.8. The van der Waals surface area contributed by atoms with Gasteiger partial charge in [0.1, 0.15) is 0 Å². The Morgan fingerprint density at radius 3 is 2.35 bits per heavy atom. The van der Waals surface area contributed by atoms with Crippen LogP contribution in [0.15, 0.2) is 11.6 Å². The number of aliphatic hydroxyl groups excluding tert-OH is 1. The minimum absolute atomic E-state index is 0.0913. The summed E-state index contributed by atoms with van der Waals surface area (Å²) in [5.74, 6) is 7.19. The topological polar surface area (TPSA) is 20.2 Å². The summed E-state index contributed by atoms with van der Waals surface area (Å²) in [6.07, 6.45) is 27.0. The van der Waals surface area contributed by atoms with Gasteiger partial charge < -0.3 is 5.11 Å². The number of rotatable bonds is 14. The molecule has 3 rings (SSSR count). The fraction of sp³-hybridized carbons (Fsp3) is 0.944. The van der Waals surface area contributed by atoms with Crippen molar-refractivity contribution in [1.82, 2.24) is 0 Å². The third-order valence-electron chi connectivity index (χ3n) is 11.8. The highest BCUT2D eigenvalue weighted by Gasteiger charge is 2.38. The van der Waals surface area contributed by atoms with Gasteiger partial charge in [-0.25, -0.2) is 0 Å². The summed E-state index contributed by atoms with van der Waals surface area (Å²) in [4.78, 5) is 0. The van der Waals surface area contributed by atoms with Gasteiger partial charge in [-0.1, -0.05) is 124 Å². The summed E-state index contributed by atoms with van der Waals surface area (Å²) in [7, 11) is 0. The Kier molecular flexibility index (Phi) is 13.6. The predicted molar refractivity (Wildman–Crippen MR) is 163 cm³/mol. The molecule has 37 heavy (non-hydrogen) atoms. The third kappa shape index (κ3) is 9.39. The lowest BCUT2D eigenvalue weighted by molar-refractivity contribution is 0.0478. The molecule has 1 heteroatoms. The second-order valence-corrected chi connectivity index (χ2v) is 14.5. The highest BCUT2D eigenvalue weighted by atomic mass is 16.3. The van der Waals surface area contributed by atoms with Gasteiger partial charge in [0.2, 0.25) is 0 Å². The lowest BCUT2D eigenvalue weighted by atomic mass is 9.62. The van der Waals surface area contributed by atoms with Crippen molar-refractivity contribution in [2.45, 2.75) is 163 Å². The average molecular weight is 515 g/mol. The quantitative estimate of drug-likeness (QED) is 0.228. The molecule has 1 nitrogen and oxygen atoms in total. The molecule has 216 valence electrons. The van der Waals surface area contributed by atoms with E-state index in [0.717, 1.165) is 47.8 Å². The summed E-state index contributed by atoms with van der Waals surface area (Å²) >= 11 is 0. The van der Waals surface area contributed by atoms with Crippen molar-refractivity contribution < 1.29 is 5.11 Å². The molecular weight excluding hydrogens is 448 g/mol. The predicted octanol–water partition coefficient (Wildman–Crippen LogP) is 11.0. The highest BCUT2D eigenvalue weighted by molar-refractivity contribution is 5.14. The van der Waals surface area contributed by atoms with Gasteiger partial charge >= 0.3 is 0 Å². The lowest BCUT2D eigenvalue weighted by Crippen LogP contribution is -2.34. The zero-order valence-corrected chi connectivity index (χ0v) is 26.0. The van der Waals surface area contributed by atoms with Crippen molar-refractivity contribution in [3.05, 3.63) is 11.6 Å². The van der Waals surface area contributed by atoms with Crippen molar-refractivity contribution in [3.63, 3.8) is 0 Å². The van der Waals surface area contributed by atoms with Crippen LogP contribution in [0.4, 0.5) is 0 Å². The zero-order chi connectivity index (χ0) is 26.8. The van der Waals surface area contributed by atoms with Crippen LogP contribution in [0.25, 0.3) is 0 Å². The van der Waals surface area contributed by atoms with Gasteiger partial charge in [-0.05, 0) is 98.2 Å².